The summed E-state index contributed by atoms with van der Waals surface area (Å²) < 4.78 is 5.08. The average molecular weight is 311 g/mol. The summed E-state index contributed by atoms with van der Waals surface area (Å²) in [6, 6.07) is 7.63. The van der Waals surface area contributed by atoms with Crippen LogP contribution in [0, 0.1) is 0 Å². The highest BCUT2D eigenvalue weighted by Gasteiger charge is 2.15. The van der Waals surface area contributed by atoms with Crippen LogP contribution in [0.2, 0.25) is 0 Å². The Morgan fingerprint density at radius 3 is 2.48 bits per heavy atom. The lowest BCUT2D eigenvalue weighted by Gasteiger charge is -2.19. The fraction of sp³-hybridized carbons (Fsp3) is 0.467. The normalized spacial score (nSPS) is 10.2. The molecule has 1 rings (SSSR count). The van der Waals surface area contributed by atoms with Crippen LogP contribution in [0.5, 0.6) is 5.75 Å². The summed E-state index contributed by atoms with van der Waals surface area (Å²) in [6.07, 6.45) is 1.09. The Morgan fingerprint density at radius 2 is 1.95 bits per heavy atom. The summed E-state index contributed by atoms with van der Waals surface area (Å²) in [6.45, 7) is 2.19. The van der Waals surface area contributed by atoms with Gasteiger partial charge < -0.3 is 14.7 Å². The molecule has 1 amide bonds. The summed E-state index contributed by atoms with van der Waals surface area (Å²) in [7, 11) is 1.62. The van der Waals surface area contributed by atoms with E-state index in [0.29, 0.717) is 18.7 Å². The van der Waals surface area contributed by atoms with Crippen LogP contribution in [0.3, 0.4) is 0 Å². The minimum atomic E-state index is -0.973. The maximum absolute atomic E-state index is 12.0. The van der Waals surface area contributed by atoms with Gasteiger partial charge in [-0.25, -0.2) is 0 Å². The molecular formula is C15H21NO4S. The van der Waals surface area contributed by atoms with E-state index in [2.05, 4.69) is 0 Å². The van der Waals surface area contributed by atoms with Crippen LogP contribution in [-0.2, 0) is 9.59 Å². The molecule has 0 heterocycles. The molecule has 0 radical (unpaired) electrons. The van der Waals surface area contributed by atoms with Crippen molar-refractivity contribution in [1.82, 2.24) is 4.90 Å². The summed E-state index contributed by atoms with van der Waals surface area (Å²) in [5, 5.41) is 8.80. The highest BCUT2D eigenvalue weighted by molar-refractivity contribution is 7.99. The number of carboxylic acid groups (broad SMARTS) is 1. The van der Waals surface area contributed by atoms with Crippen molar-refractivity contribution in [3.8, 4) is 5.75 Å². The molecule has 6 heteroatoms. The highest BCUT2D eigenvalue weighted by Crippen LogP contribution is 2.22. The molecule has 0 atom stereocenters. The van der Waals surface area contributed by atoms with Gasteiger partial charge in [-0.3, -0.25) is 9.59 Å². The standard InChI is InChI=1S/C15H21NO4S/c1-3-9-16(11-15(18)19)14(17)8-10-21-13-6-4-12(20-2)5-7-13/h4-7H,3,8-11H2,1-2H3,(H,18,19). The van der Waals surface area contributed by atoms with Gasteiger partial charge in [-0.1, -0.05) is 6.92 Å². The van der Waals surface area contributed by atoms with Gasteiger partial charge in [-0.2, -0.15) is 0 Å². The number of nitrogens with zero attached hydrogens (tertiary/aromatic N) is 1. The van der Waals surface area contributed by atoms with Gasteiger partial charge in [-0.15, -0.1) is 11.8 Å². The monoisotopic (exact) mass is 311 g/mol. The fourth-order valence-corrected chi connectivity index (χ4v) is 2.65. The third-order valence-electron chi connectivity index (χ3n) is 2.82. The quantitative estimate of drug-likeness (QED) is 0.710. The number of carboxylic acids is 1. The number of ether oxygens (including phenoxy) is 1. The van der Waals surface area contributed by atoms with Crippen molar-refractivity contribution in [1.29, 1.82) is 0 Å². The van der Waals surface area contributed by atoms with Gasteiger partial charge in [0, 0.05) is 23.6 Å². The summed E-state index contributed by atoms with van der Waals surface area (Å²) in [5.41, 5.74) is 0. The Hall–Kier alpha value is -1.69. The molecule has 0 aliphatic carbocycles. The van der Waals surface area contributed by atoms with Gasteiger partial charge in [-0.05, 0) is 30.7 Å². The van der Waals surface area contributed by atoms with Crippen molar-refractivity contribution in [3.63, 3.8) is 0 Å². The Balaban J connectivity index is 2.41. The minimum absolute atomic E-state index is 0.111. The zero-order valence-electron chi connectivity index (χ0n) is 12.4. The van der Waals surface area contributed by atoms with Crippen LogP contribution < -0.4 is 4.74 Å². The molecule has 0 aliphatic heterocycles. The number of rotatable bonds is 9. The molecule has 1 N–H and O–H groups in total. The van der Waals surface area contributed by atoms with Crippen molar-refractivity contribution in [2.75, 3.05) is 26.0 Å². The van der Waals surface area contributed by atoms with E-state index in [9.17, 15) is 9.59 Å². The highest BCUT2D eigenvalue weighted by atomic mass is 32.2. The summed E-state index contributed by atoms with van der Waals surface area (Å²) in [4.78, 5) is 25.2. The molecule has 0 unspecified atom stereocenters. The molecule has 0 spiro atoms. The van der Waals surface area contributed by atoms with Crippen LogP contribution in [0.1, 0.15) is 19.8 Å². The first-order valence-corrected chi connectivity index (χ1v) is 7.81. The molecule has 1 aromatic carbocycles. The van der Waals surface area contributed by atoms with E-state index < -0.39 is 5.97 Å². The molecule has 0 saturated heterocycles. The minimum Gasteiger partial charge on any atom is -0.497 e. The zero-order valence-corrected chi connectivity index (χ0v) is 13.2. The van der Waals surface area contributed by atoms with Crippen molar-refractivity contribution in [3.05, 3.63) is 24.3 Å². The number of carbonyl (C=O) groups is 2. The van der Waals surface area contributed by atoms with Crippen LogP contribution >= 0.6 is 11.8 Å². The lowest BCUT2D eigenvalue weighted by molar-refractivity contribution is -0.144. The Kier molecular flexibility index (Phi) is 7.68. The number of amides is 1. The second kappa shape index (κ2) is 9.28. The molecule has 0 aliphatic rings. The van der Waals surface area contributed by atoms with Gasteiger partial charge in [0.15, 0.2) is 0 Å². The fourth-order valence-electron chi connectivity index (χ4n) is 1.81. The smallest absolute Gasteiger partial charge is 0.323 e. The maximum atomic E-state index is 12.0. The van der Waals surface area contributed by atoms with E-state index in [-0.39, 0.29) is 12.5 Å². The van der Waals surface area contributed by atoms with E-state index in [0.717, 1.165) is 17.1 Å². The van der Waals surface area contributed by atoms with Crippen LogP contribution in [0.15, 0.2) is 29.2 Å². The lowest BCUT2D eigenvalue weighted by atomic mass is 10.3. The van der Waals surface area contributed by atoms with Gasteiger partial charge in [0.2, 0.25) is 5.91 Å². The molecule has 1 aromatic rings. The maximum Gasteiger partial charge on any atom is 0.323 e. The van der Waals surface area contributed by atoms with E-state index in [1.54, 1.807) is 18.9 Å². The van der Waals surface area contributed by atoms with Crippen LogP contribution in [0.25, 0.3) is 0 Å². The zero-order chi connectivity index (χ0) is 15.7. The van der Waals surface area contributed by atoms with Gasteiger partial charge >= 0.3 is 5.97 Å². The lowest BCUT2D eigenvalue weighted by Crippen LogP contribution is -2.36. The number of carbonyl (C=O) groups excluding carboxylic acids is 1. The molecule has 21 heavy (non-hydrogen) atoms. The van der Waals surface area contributed by atoms with Crippen molar-refractivity contribution < 1.29 is 19.4 Å². The first-order chi connectivity index (χ1) is 10.1. The van der Waals surface area contributed by atoms with E-state index >= 15 is 0 Å². The Labute approximate surface area is 129 Å². The predicted molar refractivity (Wildman–Crippen MR) is 82.8 cm³/mol. The number of benzene rings is 1. The molecule has 116 valence electrons. The predicted octanol–water partition coefficient (Wildman–Crippen LogP) is 2.50. The van der Waals surface area contributed by atoms with Gasteiger partial charge in [0.05, 0.1) is 7.11 Å². The molecule has 0 fully saturated rings. The van der Waals surface area contributed by atoms with Crippen molar-refractivity contribution in [2.45, 2.75) is 24.7 Å². The molecule has 0 saturated carbocycles. The Morgan fingerprint density at radius 1 is 1.29 bits per heavy atom. The van der Waals surface area contributed by atoms with Crippen LogP contribution in [0.4, 0.5) is 0 Å². The summed E-state index contributed by atoms with van der Waals surface area (Å²) >= 11 is 1.57. The molecule has 5 nitrogen and oxygen atoms in total. The van der Waals surface area contributed by atoms with Crippen LogP contribution in [-0.4, -0.2) is 47.8 Å². The van der Waals surface area contributed by atoms with E-state index in [4.69, 9.17) is 9.84 Å². The third kappa shape index (κ3) is 6.53. The topological polar surface area (TPSA) is 66.8 Å². The summed E-state index contributed by atoms with van der Waals surface area (Å²) in [5.74, 6) is 0.344. The first-order valence-electron chi connectivity index (χ1n) is 6.83. The van der Waals surface area contributed by atoms with Crippen molar-refractivity contribution in [2.24, 2.45) is 0 Å². The third-order valence-corrected chi connectivity index (χ3v) is 3.83. The van der Waals surface area contributed by atoms with Crippen molar-refractivity contribution >= 4 is 23.6 Å². The van der Waals surface area contributed by atoms with Gasteiger partial charge in [0.25, 0.3) is 0 Å². The number of aliphatic carboxylic acids is 1. The second-order valence-electron chi connectivity index (χ2n) is 4.48. The molecule has 0 aromatic heterocycles. The molecular weight excluding hydrogens is 290 g/mol. The van der Waals surface area contributed by atoms with Gasteiger partial charge in [0.1, 0.15) is 12.3 Å². The number of hydrogen-bond donors (Lipinski definition) is 1. The average Bonchev–Trinajstić information content (AvgIpc) is 2.47. The first kappa shape index (κ1) is 17.4. The molecule has 0 bridgehead atoms. The Bertz CT molecular complexity index is 461. The number of hydrogen-bond acceptors (Lipinski definition) is 4. The number of thioether (sulfide) groups is 1. The van der Waals surface area contributed by atoms with E-state index in [1.165, 1.54) is 4.90 Å². The largest absolute Gasteiger partial charge is 0.497 e. The SMILES string of the molecule is CCCN(CC(=O)O)C(=O)CCSc1ccc(OC)cc1. The number of methoxy groups -OCH3 is 1. The second-order valence-corrected chi connectivity index (χ2v) is 5.65. The van der Waals surface area contributed by atoms with E-state index in [1.807, 2.05) is 31.2 Å².